The molecule has 2 rings (SSSR count). The molecule has 1 N–H and O–H groups in total. The highest BCUT2D eigenvalue weighted by atomic mass is 32.1. The lowest BCUT2D eigenvalue weighted by molar-refractivity contribution is -0.116. The molecule has 2 aromatic heterocycles. The fraction of sp³-hybridized carbons (Fsp3) is 0.333. The van der Waals surface area contributed by atoms with Crippen molar-refractivity contribution >= 4 is 28.3 Å². The number of hydrogen-bond acceptors (Lipinski definition) is 6. The highest BCUT2D eigenvalue weighted by Crippen LogP contribution is 2.16. The number of aryl methyl sites for hydroxylation is 1. The number of aromatic nitrogens is 3. The van der Waals surface area contributed by atoms with Gasteiger partial charge < -0.3 is 15.0 Å². The van der Waals surface area contributed by atoms with Gasteiger partial charge in [-0.2, -0.15) is 0 Å². The molecule has 0 unspecified atom stereocenters. The molecule has 0 saturated heterocycles. The first-order valence-electron chi connectivity index (χ1n) is 6.03. The van der Waals surface area contributed by atoms with Crippen molar-refractivity contribution < 1.29 is 14.3 Å². The van der Waals surface area contributed by atoms with Gasteiger partial charge in [0.2, 0.25) is 11.8 Å². The van der Waals surface area contributed by atoms with Crippen LogP contribution in [0.15, 0.2) is 17.8 Å². The minimum atomic E-state index is -0.339. The van der Waals surface area contributed by atoms with E-state index in [1.807, 2.05) is 0 Å². The van der Waals surface area contributed by atoms with Gasteiger partial charge in [-0.15, -0.1) is 16.4 Å². The largest absolute Gasteiger partial charge is 0.479 e. The van der Waals surface area contributed by atoms with Gasteiger partial charge >= 0.3 is 0 Å². The number of rotatable bonds is 5. The summed E-state index contributed by atoms with van der Waals surface area (Å²) in [5.74, 6) is -0.424. The van der Waals surface area contributed by atoms with Crippen LogP contribution >= 0.6 is 11.3 Å². The van der Waals surface area contributed by atoms with E-state index in [4.69, 9.17) is 4.74 Å². The topological polar surface area (TPSA) is 89.4 Å². The second kappa shape index (κ2) is 6.35. The number of anilines is 1. The van der Waals surface area contributed by atoms with Crippen LogP contribution in [0.5, 0.6) is 5.88 Å². The van der Waals surface area contributed by atoms with Gasteiger partial charge in [0.05, 0.1) is 13.7 Å². The van der Waals surface area contributed by atoms with Gasteiger partial charge in [-0.3, -0.25) is 14.3 Å². The summed E-state index contributed by atoms with van der Waals surface area (Å²) in [6.45, 7) is -0.0868. The summed E-state index contributed by atoms with van der Waals surface area (Å²) in [5.41, 5.74) is 0.310. The van der Waals surface area contributed by atoms with Crippen LogP contribution in [0.2, 0.25) is 0 Å². The summed E-state index contributed by atoms with van der Waals surface area (Å²) in [7, 11) is 4.67. The Labute approximate surface area is 125 Å². The zero-order valence-corrected chi connectivity index (χ0v) is 12.7. The van der Waals surface area contributed by atoms with Crippen molar-refractivity contribution in [3.63, 3.8) is 0 Å². The SMILES string of the molecule is COc1nn(C)cc1C(=O)N(C)CC(=O)Nc1nccs1. The molecule has 21 heavy (non-hydrogen) atoms. The first kappa shape index (κ1) is 15.0. The molecule has 0 aliphatic rings. The maximum absolute atomic E-state index is 12.3. The average molecular weight is 309 g/mol. The lowest BCUT2D eigenvalue weighted by atomic mass is 10.3. The molecule has 0 aliphatic heterocycles. The molecule has 9 heteroatoms. The number of nitrogens with one attached hydrogen (secondary N) is 1. The van der Waals surface area contributed by atoms with Crippen molar-refractivity contribution in [2.24, 2.45) is 7.05 Å². The van der Waals surface area contributed by atoms with E-state index >= 15 is 0 Å². The lowest BCUT2D eigenvalue weighted by Crippen LogP contribution is -2.34. The summed E-state index contributed by atoms with van der Waals surface area (Å²) in [4.78, 5) is 29.3. The third-order valence-electron chi connectivity index (χ3n) is 2.62. The molecule has 0 aromatic carbocycles. The van der Waals surface area contributed by atoms with Gasteiger partial charge in [0.25, 0.3) is 5.91 Å². The number of carbonyl (C=O) groups excluding carboxylic acids is 2. The van der Waals surface area contributed by atoms with E-state index in [0.717, 1.165) is 0 Å². The molecule has 0 fully saturated rings. The molecule has 112 valence electrons. The van der Waals surface area contributed by atoms with Gasteiger partial charge in [0, 0.05) is 31.9 Å². The molecule has 0 spiro atoms. The predicted octanol–water partition coefficient (Wildman–Crippen LogP) is 0.596. The second-order valence-corrected chi connectivity index (χ2v) is 5.17. The first-order valence-corrected chi connectivity index (χ1v) is 6.91. The summed E-state index contributed by atoms with van der Waals surface area (Å²) in [6, 6.07) is 0. The molecular weight excluding hydrogens is 294 g/mol. The number of hydrogen-bond donors (Lipinski definition) is 1. The fourth-order valence-corrected chi connectivity index (χ4v) is 2.25. The van der Waals surface area contributed by atoms with Crippen molar-refractivity contribution in [2.45, 2.75) is 0 Å². The Balaban J connectivity index is 2.00. The molecule has 2 aromatic rings. The van der Waals surface area contributed by atoms with Gasteiger partial charge in [0.1, 0.15) is 5.56 Å². The monoisotopic (exact) mass is 309 g/mol. The normalized spacial score (nSPS) is 10.2. The lowest BCUT2D eigenvalue weighted by Gasteiger charge is -2.15. The van der Waals surface area contributed by atoms with E-state index in [9.17, 15) is 9.59 Å². The Kier molecular flexibility index (Phi) is 4.53. The van der Waals surface area contributed by atoms with E-state index in [-0.39, 0.29) is 24.2 Å². The Morgan fingerprint density at radius 2 is 2.29 bits per heavy atom. The average Bonchev–Trinajstić information content (AvgIpc) is 3.06. The number of methoxy groups -OCH3 is 1. The summed E-state index contributed by atoms with van der Waals surface area (Å²) in [6.07, 6.45) is 3.14. The van der Waals surface area contributed by atoms with Crippen LogP contribution < -0.4 is 10.1 Å². The van der Waals surface area contributed by atoms with Crippen molar-refractivity contribution in [3.8, 4) is 5.88 Å². The number of nitrogens with zero attached hydrogens (tertiary/aromatic N) is 4. The van der Waals surface area contributed by atoms with Crippen LogP contribution in [-0.4, -0.2) is 52.2 Å². The number of amides is 2. The number of thiazole rings is 1. The van der Waals surface area contributed by atoms with Crippen LogP contribution in [0.4, 0.5) is 5.13 Å². The van der Waals surface area contributed by atoms with Gasteiger partial charge in [0.15, 0.2) is 5.13 Å². The molecular formula is C12H15N5O3S. The zero-order chi connectivity index (χ0) is 15.4. The molecule has 2 amide bonds. The van der Waals surface area contributed by atoms with E-state index in [0.29, 0.717) is 10.7 Å². The zero-order valence-electron chi connectivity index (χ0n) is 11.9. The van der Waals surface area contributed by atoms with Crippen LogP contribution in [0.1, 0.15) is 10.4 Å². The first-order chi connectivity index (χ1) is 10.0. The summed E-state index contributed by atoms with van der Waals surface area (Å²) >= 11 is 1.31. The molecule has 2 heterocycles. The molecule has 0 aliphatic carbocycles. The van der Waals surface area contributed by atoms with E-state index in [1.54, 1.807) is 24.8 Å². The van der Waals surface area contributed by atoms with Gasteiger partial charge in [-0.1, -0.05) is 0 Å². The Hall–Kier alpha value is -2.42. The second-order valence-electron chi connectivity index (χ2n) is 4.27. The van der Waals surface area contributed by atoms with Crippen molar-refractivity contribution in [1.82, 2.24) is 19.7 Å². The standard InChI is InChI=1S/C12H15N5O3S/c1-16(7-9(18)14-12-13-4-5-21-12)11(19)8-6-17(2)15-10(8)20-3/h4-6H,7H2,1-3H3,(H,13,14,18). The number of likely N-dealkylation sites (N-methyl/N-ethyl adjacent to an activating group) is 1. The number of ether oxygens (including phenoxy) is 1. The minimum absolute atomic E-state index is 0.0868. The molecule has 8 nitrogen and oxygen atoms in total. The van der Waals surface area contributed by atoms with Crippen LogP contribution in [0, 0.1) is 0 Å². The maximum atomic E-state index is 12.3. The third-order valence-corrected chi connectivity index (χ3v) is 3.31. The van der Waals surface area contributed by atoms with Crippen molar-refractivity contribution in [1.29, 1.82) is 0 Å². The fourth-order valence-electron chi connectivity index (χ4n) is 1.70. The molecule has 0 atom stereocenters. The van der Waals surface area contributed by atoms with Crippen molar-refractivity contribution in [3.05, 3.63) is 23.3 Å². The highest BCUT2D eigenvalue weighted by molar-refractivity contribution is 7.13. The van der Waals surface area contributed by atoms with Crippen LogP contribution in [0.3, 0.4) is 0 Å². The molecule has 0 radical (unpaired) electrons. The van der Waals surface area contributed by atoms with E-state index in [1.165, 1.54) is 35.1 Å². The smallest absolute Gasteiger partial charge is 0.261 e. The molecule has 0 saturated carbocycles. The Bertz CT molecular complexity index is 637. The minimum Gasteiger partial charge on any atom is -0.479 e. The predicted molar refractivity (Wildman–Crippen MR) is 77.5 cm³/mol. The highest BCUT2D eigenvalue weighted by Gasteiger charge is 2.21. The molecule has 0 bridgehead atoms. The van der Waals surface area contributed by atoms with Crippen LogP contribution in [-0.2, 0) is 11.8 Å². The van der Waals surface area contributed by atoms with Gasteiger partial charge in [-0.25, -0.2) is 4.98 Å². The number of carbonyl (C=O) groups is 2. The summed E-state index contributed by atoms with van der Waals surface area (Å²) in [5, 5.41) is 8.88. The quantitative estimate of drug-likeness (QED) is 0.873. The van der Waals surface area contributed by atoms with Crippen molar-refractivity contribution in [2.75, 3.05) is 26.0 Å². The van der Waals surface area contributed by atoms with Gasteiger partial charge in [-0.05, 0) is 0 Å². The van der Waals surface area contributed by atoms with E-state index in [2.05, 4.69) is 15.4 Å². The van der Waals surface area contributed by atoms with E-state index < -0.39 is 0 Å². The maximum Gasteiger partial charge on any atom is 0.261 e. The van der Waals surface area contributed by atoms with Crippen LogP contribution in [0.25, 0.3) is 0 Å². The Morgan fingerprint density at radius 1 is 1.52 bits per heavy atom. The third kappa shape index (κ3) is 3.57. The Morgan fingerprint density at radius 3 is 2.90 bits per heavy atom. The summed E-state index contributed by atoms with van der Waals surface area (Å²) < 4.78 is 6.52.